The quantitative estimate of drug-likeness (QED) is 0.732. The molecule has 1 amide bonds. The lowest BCUT2D eigenvalue weighted by Crippen LogP contribution is -2.50. The van der Waals surface area contributed by atoms with E-state index in [0.29, 0.717) is 17.3 Å². The molecule has 30 heavy (non-hydrogen) atoms. The molecule has 0 spiro atoms. The predicted molar refractivity (Wildman–Crippen MR) is 119 cm³/mol. The van der Waals surface area contributed by atoms with Crippen molar-refractivity contribution < 1.29 is 4.79 Å². The summed E-state index contributed by atoms with van der Waals surface area (Å²) in [5.41, 5.74) is 1.93. The van der Waals surface area contributed by atoms with Crippen molar-refractivity contribution in [3.63, 3.8) is 0 Å². The summed E-state index contributed by atoms with van der Waals surface area (Å²) in [6.07, 6.45) is 13.5. The highest BCUT2D eigenvalue weighted by molar-refractivity contribution is 5.82. The van der Waals surface area contributed by atoms with Crippen LogP contribution in [0.4, 0.5) is 5.69 Å². The van der Waals surface area contributed by atoms with Gasteiger partial charge in [0.2, 0.25) is 5.91 Å². The van der Waals surface area contributed by atoms with Crippen LogP contribution in [0.2, 0.25) is 0 Å². The van der Waals surface area contributed by atoms with E-state index in [1.54, 1.807) is 6.33 Å². The lowest BCUT2D eigenvalue weighted by Gasteiger charge is -2.38. The Morgan fingerprint density at radius 1 is 1.00 bits per heavy atom. The number of rotatable bonds is 3. The molecule has 0 bridgehead atoms. The zero-order valence-corrected chi connectivity index (χ0v) is 17.5. The fraction of sp³-hybridized carbons (Fsp3) is 0.542. The van der Waals surface area contributed by atoms with E-state index in [1.807, 2.05) is 27.7 Å². The van der Waals surface area contributed by atoms with Gasteiger partial charge < -0.3 is 9.80 Å². The summed E-state index contributed by atoms with van der Waals surface area (Å²) in [5, 5.41) is 0.701. The molecule has 1 aliphatic heterocycles. The van der Waals surface area contributed by atoms with Crippen molar-refractivity contribution in [3.05, 3.63) is 47.0 Å². The molecule has 1 saturated heterocycles. The molecular weight excluding hydrogens is 376 g/mol. The highest BCUT2D eigenvalue weighted by Gasteiger charge is 2.27. The van der Waals surface area contributed by atoms with Crippen molar-refractivity contribution in [2.45, 2.75) is 51.0 Å². The maximum absolute atomic E-state index is 12.9. The third-order valence-electron chi connectivity index (χ3n) is 7.06. The summed E-state index contributed by atoms with van der Waals surface area (Å²) in [6.45, 7) is 3.15. The first kappa shape index (κ1) is 19.3. The molecule has 158 valence electrons. The molecule has 6 heteroatoms. The van der Waals surface area contributed by atoms with Gasteiger partial charge in [0.05, 0.1) is 17.2 Å². The Kier molecular flexibility index (Phi) is 5.32. The summed E-state index contributed by atoms with van der Waals surface area (Å²) >= 11 is 0. The largest absolute Gasteiger partial charge is 0.368 e. The van der Waals surface area contributed by atoms with Crippen molar-refractivity contribution in [1.82, 2.24) is 14.5 Å². The summed E-state index contributed by atoms with van der Waals surface area (Å²) in [6, 6.07) is 6.30. The second kappa shape index (κ2) is 8.25. The number of aromatic nitrogens is 2. The molecule has 2 fully saturated rings. The molecule has 2 heterocycles. The predicted octanol–water partition coefficient (Wildman–Crippen LogP) is 3.52. The van der Waals surface area contributed by atoms with Crippen LogP contribution in [0, 0.1) is 5.92 Å². The first-order chi connectivity index (χ1) is 14.7. The highest BCUT2D eigenvalue weighted by Crippen LogP contribution is 2.29. The Hall–Kier alpha value is -2.63. The van der Waals surface area contributed by atoms with Gasteiger partial charge in [0.25, 0.3) is 5.56 Å². The Morgan fingerprint density at radius 2 is 1.80 bits per heavy atom. The first-order valence-corrected chi connectivity index (χ1v) is 11.4. The maximum atomic E-state index is 12.9. The fourth-order valence-electron chi connectivity index (χ4n) is 5.22. The minimum absolute atomic E-state index is 0.0791. The highest BCUT2D eigenvalue weighted by atomic mass is 16.2. The zero-order chi connectivity index (χ0) is 20.5. The molecule has 0 N–H and O–H groups in total. The van der Waals surface area contributed by atoms with Gasteiger partial charge >= 0.3 is 0 Å². The average molecular weight is 407 g/mol. The molecule has 3 aliphatic rings. The van der Waals surface area contributed by atoms with Gasteiger partial charge in [-0.25, -0.2) is 4.98 Å². The molecule has 2 aromatic rings. The van der Waals surface area contributed by atoms with Crippen LogP contribution in [0.5, 0.6) is 0 Å². The van der Waals surface area contributed by atoms with Gasteiger partial charge in [-0.3, -0.25) is 14.2 Å². The van der Waals surface area contributed by atoms with E-state index in [2.05, 4.69) is 22.0 Å². The van der Waals surface area contributed by atoms with Gasteiger partial charge in [0, 0.05) is 43.8 Å². The van der Waals surface area contributed by atoms with Crippen molar-refractivity contribution in [2.75, 3.05) is 31.1 Å². The number of hydrogen-bond acceptors (Lipinski definition) is 4. The van der Waals surface area contributed by atoms with Crippen molar-refractivity contribution in [2.24, 2.45) is 5.92 Å². The van der Waals surface area contributed by atoms with Crippen LogP contribution in [0.3, 0.4) is 0 Å². The third kappa shape index (κ3) is 3.64. The second-order valence-corrected chi connectivity index (χ2v) is 8.89. The van der Waals surface area contributed by atoms with Gasteiger partial charge in [-0.1, -0.05) is 25.0 Å². The van der Waals surface area contributed by atoms with Crippen LogP contribution in [-0.4, -0.2) is 46.5 Å². The van der Waals surface area contributed by atoms with Crippen LogP contribution >= 0.6 is 0 Å². The van der Waals surface area contributed by atoms with Gasteiger partial charge in [-0.2, -0.15) is 0 Å². The molecule has 0 radical (unpaired) electrons. The standard InChI is InChI=1S/C24H30N4O2/c29-23(18-6-2-1-3-7-18)27-14-12-26(13-15-27)20-10-11-21-22(16-20)25-17-28(24(21)30)19-8-4-5-9-19/h1-2,10-11,16-19H,3-9,12-15H2. The van der Waals surface area contributed by atoms with E-state index >= 15 is 0 Å². The van der Waals surface area contributed by atoms with Gasteiger partial charge in [0.1, 0.15) is 0 Å². The molecule has 6 nitrogen and oxygen atoms in total. The van der Waals surface area contributed by atoms with E-state index in [9.17, 15) is 9.59 Å². The molecular formula is C24H30N4O2. The topological polar surface area (TPSA) is 58.4 Å². The van der Waals surface area contributed by atoms with Crippen LogP contribution < -0.4 is 10.5 Å². The van der Waals surface area contributed by atoms with Gasteiger partial charge in [-0.15, -0.1) is 0 Å². The Labute approximate surface area is 177 Å². The number of nitrogens with zero attached hydrogens (tertiary/aromatic N) is 4. The van der Waals surface area contributed by atoms with E-state index in [4.69, 9.17) is 0 Å². The Morgan fingerprint density at radius 3 is 2.53 bits per heavy atom. The molecule has 1 unspecified atom stereocenters. The molecule has 1 saturated carbocycles. The summed E-state index contributed by atoms with van der Waals surface area (Å²) < 4.78 is 1.83. The maximum Gasteiger partial charge on any atom is 0.261 e. The number of anilines is 1. The molecule has 1 aromatic carbocycles. The van der Waals surface area contributed by atoms with E-state index in [1.165, 1.54) is 12.8 Å². The van der Waals surface area contributed by atoms with Crippen LogP contribution in [0.15, 0.2) is 41.5 Å². The van der Waals surface area contributed by atoms with Crippen molar-refractivity contribution in [3.8, 4) is 0 Å². The normalized spacial score (nSPS) is 22.7. The van der Waals surface area contributed by atoms with Crippen LogP contribution in [0.1, 0.15) is 51.0 Å². The third-order valence-corrected chi connectivity index (χ3v) is 7.06. The number of benzene rings is 1. The SMILES string of the molecule is O=C(C1CC=CCC1)N1CCN(c2ccc3c(=O)n(C4CCCC4)cnc3c2)CC1. The monoisotopic (exact) mass is 406 g/mol. The number of amides is 1. The average Bonchev–Trinajstić information content (AvgIpc) is 3.34. The molecule has 1 atom stereocenters. The minimum atomic E-state index is 0.0791. The lowest BCUT2D eigenvalue weighted by molar-refractivity contribution is -0.136. The Bertz CT molecular complexity index is 1010. The van der Waals surface area contributed by atoms with E-state index < -0.39 is 0 Å². The summed E-state index contributed by atoms with van der Waals surface area (Å²) in [5.74, 6) is 0.472. The summed E-state index contributed by atoms with van der Waals surface area (Å²) in [7, 11) is 0. The van der Waals surface area contributed by atoms with Crippen LogP contribution in [0.25, 0.3) is 10.9 Å². The second-order valence-electron chi connectivity index (χ2n) is 8.89. The molecule has 2 aliphatic carbocycles. The zero-order valence-electron chi connectivity index (χ0n) is 17.5. The number of carbonyl (C=O) groups excluding carboxylic acids is 1. The van der Waals surface area contributed by atoms with Crippen molar-refractivity contribution in [1.29, 1.82) is 0 Å². The number of allylic oxidation sites excluding steroid dienone is 2. The number of carbonyl (C=O) groups is 1. The number of hydrogen-bond donors (Lipinski definition) is 0. The van der Waals surface area contributed by atoms with Crippen molar-refractivity contribution >= 4 is 22.5 Å². The minimum Gasteiger partial charge on any atom is -0.368 e. The first-order valence-electron chi connectivity index (χ1n) is 11.4. The molecule has 1 aromatic heterocycles. The fourth-order valence-corrected chi connectivity index (χ4v) is 5.22. The van der Waals surface area contributed by atoms with Gasteiger partial charge in [0.15, 0.2) is 0 Å². The number of fused-ring (bicyclic) bond motifs is 1. The molecule has 5 rings (SSSR count). The van der Waals surface area contributed by atoms with Gasteiger partial charge in [-0.05, 0) is 50.3 Å². The van der Waals surface area contributed by atoms with E-state index in [0.717, 1.165) is 69.5 Å². The smallest absolute Gasteiger partial charge is 0.261 e. The van der Waals surface area contributed by atoms with E-state index in [-0.39, 0.29) is 11.5 Å². The lowest BCUT2D eigenvalue weighted by atomic mass is 9.93. The number of piperazine rings is 1. The summed E-state index contributed by atoms with van der Waals surface area (Å²) in [4.78, 5) is 34.6. The van der Waals surface area contributed by atoms with Crippen LogP contribution in [-0.2, 0) is 4.79 Å². The Balaban J connectivity index is 1.29.